The van der Waals surface area contributed by atoms with Crippen LogP contribution >= 0.6 is 0 Å². The van der Waals surface area contributed by atoms with Crippen molar-refractivity contribution in [1.29, 1.82) is 0 Å². The molecule has 17 aliphatic carbocycles. The van der Waals surface area contributed by atoms with Crippen molar-refractivity contribution in [2.45, 2.75) is 552 Å². The van der Waals surface area contributed by atoms with E-state index in [1.54, 1.807) is 48.5 Å². The molecule has 18 fully saturated rings. The zero-order chi connectivity index (χ0) is 107. The second kappa shape index (κ2) is 46.2. The summed E-state index contributed by atoms with van der Waals surface area (Å²) in [6.07, 6.45) is 37.2. The van der Waals surface area contributed by atoms with Crippen LogP contribution in [0.2, 0.25) is 0 Å². The Hall–Kier alpha value is -5.99. The Bertz CT molecular complexity index is 4150. The number of esters is 10. The van der Waals surface area contributed by atoms with Gasteiger partial charge >= 0.3 is 65.7 Å². The summed E-state index contributed by atoms with van der Waals surface area (Å²) in [5, 5.41) is 51.1. The van der Waals surface area contributed by atoms with E-state index < -0.39 is 121 Å². The van der Waals surface area contributed by atoms with Crippen LogP contribution in [0.5, 0.6) is 0 Å². The molecular formula is C116H196O26. The summed E-state index contributed by atoms with van der Waals surface area (Å²) in [5.74, 6) is -0.848. The first-order valence-electron chi connectivity index (χ1n) is 55.5. The lowest BCUT2D eigenvalue weighted by molar-refractivity contribution is -0.265. The Balaban J connectivity index is 0.000000202. The van der Waals surface area contributed by atoms with Crippen molar-refractivity contribution in [2.75, 3.05) is 6.61 Å². The van der Waals surface area contributed by atoms with Crippen LogP contribution in [-0.2, 0) is 100 Å². The largest absolute Gasteiger partial charge is 0.481 e. The second-order valence-corrected chi connectivity index (χ2v) is 53.8. The maximum atomic E-state index is 12.7. The van der Waals surface area contributed by atoms with Gasteiger partial charge < -0.3 is 72.9 Å². The summed E-state index contributed by atoms with van der Waals surface area (Å²) in [4.78, 5) is 133. The second-order valence-electron chi connectivity index (χ2n) is 53.8. The van der Waals surface area contributed by atoms with E-state index in [1.807, 2.05) is 132 Å². The summed E-state index contributed by atoms with van der Waals surface area (Å²) in [7, 11) is 0. The maximum Gasteiger partial charge on any atom is 0.344 e. The highest BCUT2D eigenvalue weighted by Crippen LogP contribution is 2.65. The predicted octanol–water partition coefficient (Wildman–Crippen LogP) is 23.4. The Morgan fingerprint density at radius 3 is 1.11 bits per heavy atom. The molecule has 5 N–H and O–H groups in total. The molecule has 0 spiro atoms. The van der Waals surface area contributed by atoms with Gasteiger partial charge in [-0.3, -0.25) is 47.9 Å². The van der Waals surface area contributed by atoms with E-state index in [0.717, 1.165) is 121 Å². The Kier molecular flexibility index (Phi) is 39.5. The van der Waals surface area contributed by atoms with Crippen molar-refractivity contribution in [2.24, 2.45) is 108 Å². The van der Waals surface area contributed by atoms with Gasteiger partial charge in [0.1, 0.15) is 51.9 Å². The molecule has 1 aliphatic heterocycles. The molecule has 0 aromatic carbocycles. The van der Waals surface area contributed by atoms with Crippen LogP contribution in [0.15, 0.2) is 0 Å². The molecule has 1 saturated heterocycles. The van der Waals surface area contributed by atoms with Gasteiger partial charge in [0.2, 0.25) is 0 Å². The molecule has 18 rings (SSSR count). The molecule has 10 unspecified atom stereocenters. The van der Waals surface area contributed by atoms with Gasteiger partial charge in [0, 0.05) is 50.4 Å². The van der Waals surface area contributed by atoms with Crippen molar-refractivity contribution in [3.8, 4) is 0 Å². The monoisotopic (exact) mass is 2010 g/mol. The molecule has 142 heavy (non-hydrogen) atoms. The molecular weight excluding hydrogens is 1810 g/mol. The van der Waals surface area contributed by atoms with Crippen LogP contribution < -0.4 is 0 Å². The van der Waals surface area contributed by atoms with Gasteiger partial charge in [0.15, 0.2) is 6.61 Å². The van der Waals surface area contributed by atoms with E-state index in [1.165, 1.54) is 96.3 Å². The molecule has 10 atom stereocenters. The van der Waals surface area contributed by atoms with Gasteiger partial charge in [-0.1, -0.05) is 88.0 Å². The molecule has 17 saturated carbocycles. The zero-order valence-corrected chi connectivity index (χ0v) is 94.1. The number of ether oxygens (including phenoxy) is 10. The first-order chi connectivity index (χ1) is 65.2. The van der Waals surface area contributed by atoms with Crippen molar-refractivity contribution in [1.82, 2.24) is 0 Å². The average Bonchev–Trinajstić information content (AvgIpc) is 1.42. The quantitative estimate of drug-likeness (QED) is 0.0359. The first-order valence-corrected chi connectivity index (χ1v) is 55.5. The predicted molar refractivity (Wildman–Crippen MR) is 544 cm³/mol. The molecule has 26 heteroatoms. The van der Waals surface area contributed by atoms with E-state index in [0.29, 0.717) is 75.5 Å². The van der Waals surface area contributed by atoms with E-state index >= 15 is 0 Å². The molecule has 816 valence electrons. The highest BCUT2D eigenvalue weighted by atomic mass is 16.6. The molecule has 0 aromatic rings. The van der Waals surface area contributed by atoms with Gasteiger partial charge in [-0.05, 0) is 393 Å². The minimum atomic E-state index is -0.842. The van der Waals surface area contributed by atoms with E-state index in [4.69, 9.17) is 52.5 Å². The number of aliphatic hydroxyl groups is 4. The fourth-order valence-electron chi connectivity index (χ4n) is 25.2. The molecule has 26 nitrogen and oxygen atoms in total. The lowest BCUT2D eigenvalue weighted by Crippen LogP contribution is -2.67. The topological polar surface area (TPSA) is 381 Å². The Labute approximate surface area is 854 Å². The van der Waals surface area contributed by atoms with Crippen LogP contribution in [0.1, 0.15) is 478 Å². The SMILES string of the molecule is CCC(C)(C)C(=O)O.CCC(C)(C)C(=O)OC(C)(C)C1CCCCC1.CCC(C)(C)C(=O)OC1(C)C2CC3CC(C2)CC1C3.CCC(C)(C)C(=O)OC12CC3CC(O)(CC(O)(C3)C1)C2.CCC(C)(C)C(=O)OC12CC3CC(O)(CC(O)(C3)C1)C2.CCC(C)(C)C(=O)OC1CCCCC1.CCC(C)(C)C(=O)OCC(=O)OC1C2CC3C1OC(=O)C3C2C(=O)OC(C)(C)C.CCC1(OC(=O)C(C)(C)CC)CCCC1. The maximum absolute atomic E-state index is 12.7. The normalized spacial score (nSPS) is 32.7. The van der Waals surface area contributed by atoms with Crippen LogP contribution in [0, 0.1) is 108 Å². The smallest absolute Gasteiger partial charge is 0.344 e. The van der Waals surface area contributed by atoms with Crippen molar-refractivity contribution < 1.29 is 126 Å². The number of hydrogen-bond acceptors (Lipinski definition) is 25. The van der Waals surface area contributed by atoms with Crippen LogP contribution in [0.4, 0.5) is 0 Å². The lowest BCUT2D eigenvalue weighted by atomic mass is 9.50. The van der Waals surface area contributed by atoms with Crippen LogP contribution in [-0.4, -0.2) is 172 Å². The number of rotatable bonds is 28. The van der Waals surface area contributed by atoms with E-state index in [-0.39, 0.29) is 104 Å². The average molecular weight is 2010 g/mol. The Morgan fingerprint density at radius 2 is 0.746 bits per heavy atom. The molecule has 0 aromatic heterocycles. The number of carboxylic acid groups (broad SMARTS) is 1. The number of carbonyl (C=O) groups is 11. The minimum absolute atomic E-state index is 0.0185. The molecule has 0 radical (unpaired) electrons. The highest BCUT2D eigenvalue weighted by molar-refractivity contribution is 5.87. The van der Waals surface area contributed by atoms with Gasteiger partial charge in [0.25, 0.3) is 0 Å². The fraction of sp³-hybridized carbons (Fsp3) is 0.905. The van der Waals surface area contributed by atoms with Crippen molar-refractivity contribution >= 4 is 65.7 Å². The number of hydrogen-bond donors (Lipinski definition) is 5. The van der Waals surface area contributed by atoms with E-state index in [9.17, 15) is 73.2 Å². The molecule has 0 amide bonds. The summed E-state index contributed by atoms with van der Waals surface area (Å²) in [6.45, 7) is 59.4. The van der Waals surface area contributed by atoms with E-state index in [2.05, 4.69) is 34.6 Å². The van der Waals surface area contributed by atoms with Gasteiger partial charge in [-0.2, -0.15) is 0 Å². The van der Waals surface area contributed by atoms with Gasteiger partial charge in [0.05, 0.1) is 77.6 Å². The minimum Gasteiger partial charge on any atom is -0.481 e. The lowest BCUT2D eigenvalue weighted by Gasteiger charge is -2.62. The van der Waals surface area contributed by atoms with Crippen molar-refractivity contribution in [3.05, 3.63) is 0 Å². The number of aliphatic carboxylic acids is 1. The Morgan fingerprint density at radius 1 is 0.380 bits per heavy atom. The van der Waals surface area contributed by atoms with Crippen LogP contribution in [0.25, 0.3) is 0 Å². The summed E-state index contributed by atoms with van der Waals surface area (Å²) >= 11 is 0. The highest BCUT2D eigenvalue weighted by Gasteiger charge is 2.72. The third-order valence-electron chi connectivity index (χ3n) is 37.2. The molecule has 1 heterocycles. The third kappa shape index (κ3) is 30.0. The summed E-state index contributed by atoms with van der Waals surface area (Å²) in [6, 6.07) is 0. The molecule has 14 bridgehead atoms. The zero-order valence-electron chi connectivity index (χ0n) is 94.1. The molecule has 18 aliphatic rings. The summed E-state index contributed by atoms with van der Waals surface area (Å²) in [5.41, 5.74) is -9.53. The number of carboxylic acids is 1. The number of fused-ring (bicyclic) bond motifs is 1. The fourth-order valence-corrected chi connectivity index (χ4v) is 25.2. The standard InChI is InChI=1S/C21H30O8.C17H28O2.2C16H26O4.C15H28O2.C13H24O2.C12H22O2.C6H12O2/c1-7-21(5,6)19(25)26-9-12(22)27-15-11-8-10-13(17(23)28-16(10)15)14(11)18(24)29-20(2,3)4;1-5-16(2,3)15(18)19-17(4)13-7-11-6-12(9-13)10-14(17)8-11;2*1-4-13(2,3)12(17)20-16-7-11-5-14(18,9-16)8-15(19,6-11)10-16;1-6-14(2,3)13(16)17-15(4,5)12-10-8-7-9-11-12;1-5-12(3,4)11(14)15-13(6-2)9-7-8-10-13;1-4-12(2,3)11(13)14-10-8-6-5-7-9-10;1-4-6(2,3)5(7)8/h10-11,13-16H,7-9H2,1-6H3;11-14H,5-10H2,1-4H3;2*11,18-19H,4-10H2,1-3H3;12H,6-11H2,1-5H3;5-10H2,1-4H3;10H,4-9H2,1-3H3;4H2,1-3H3,(H,7,8). The summed E-state index contributed by atoms with van der Waals surface area (Å²) < 4.78 is 56.5. The van der Waals surface area contributed by atoms with Gasteiger partial charge in [-0.25, -0.2) is 4.79 Å². The third-order valence-corrected chi connectivity index (χ3v) is 37.2. The number of carbonyl (C=O) groups excluding carboxylic acids is 10. The van der Waals surface area contributed by atoms with Crippen molar-refractivity contribution in [3.63, 3.8) is 0 Å². The van der Waals surface area contributed by atoms with Gasteiger partial charge in [-0.15, -0.1) is 0 Å². The van der Waals surface area contributed by atoms with Crippen LogP contribution in [0.3, 0.4) is 0 Å². The first kappa shape index (κ1) is 121.